The standard InChI is InChI=1S/C20H20N2O6/c1-3-21-20(24)13-28-18-10-8-14(11-19(18)27-2)7-9-17(23)15-5-4-6-16(12-15)22(25)26/h4-12H,3,13H2,1-2H3,(H,21,24)/b9-7+. The van der Waals surface area contributed by atoms with Crippen molar-refractivity contribution in [2.24, 2.45) is 0 Å². The summed E-state index contributed by atoms with van der Waals surface area (Å²) in [7, 11) is 1.47. The first-order valence-electron chi connectivity index (χ1n) is 8.49. The fourth-order valence-electron chi connectivity index (χ4n) is 2.34. The summed E-state index contributed by atoms with van der Waals surface area (Å²) in [6.07, 6.45) is 2.89. The van der Waals surface area contributed by atoms with Crippen molar-refractivity contribution in [3.05, 3.63) is 69.8 Å². The number of nitro benzene ring substituents is 1. The predicted octanol–water partition coefficient (Wildman–Crippen LogP) is 3.01. The Labute approximate surface area is 161 Å². The molecule has 0 fully saturated rings. The average molecular weight is 384 g/mol. The van der Waals surface area contributed by atoms with E-state index in [0.29, 0.717) is 23.6 Å². The second kappa shape index (κ2) is 9.86. The molecule has 2 aromatic rings. The Bertz CT molecular complexity index is 907. The molecule has 0 unspecified atom stereocenters. The highest BCUT2D eigenvalue weighted by molar-refractivity contribution is 6.07. The van der Waals surface area contributed by atoms with Crippen LogP contribution in [0.1, 0.15) is 22.8 Å². The minimum Gasteiger partial charge on any atom is -0.493 e. The molecule has 0 saturated carbocycles. The first-order valence-corrected chi connectivity index (χ1v) is 8.49. The van der Waals surface area contributed by atoms with Gasteiger partial charge < -0.3 is 14.8 Å². The normalized spacial score (nSPS) is 10.5. The first-order chi connectivity index (χ1) is 13.4. The number of hydrogen-bond acceptors (Lipinski definition) is 6. The molecule has 0 aliphatic rings. The Morgan fingerprint density at radius 3 is 2.64 bits per heavy atom. The van der Waals surface area contributed by atoms with Gasteiger partial charge >= 0.3 is 0 Å². The summed E-state index contributed by atoms with van der Waals surface area (Å²) < 4.78 is 10.7. The molecule has 28 heavy (non-hydrogen) atoms. The van der Waals surface area contributed by atoms with E-state index in [2.05, 4.69) is 5.32 Å². The number of nitrogens with zero attached hydrogens (tertiary/aromatic N) is 1. The van der Waals surface area contributed by atoms with E-state index >= 15 is 0 Å². The van der Waals surface area contributed by atoms with Gasteiger partial charge in [0.05, 0.1) is 12.0 Å². The van der Waals surface area contributed by atoms with Crippen molar-refractivity contribution in [3.8, 4) is 11.5 Å². The van der Waals surface area contributed by atoms with Crippen LogP contribution in [-0.2, 0) is 4.79 Å². The van der Waals surface area contributed by atoms with Gasteiger partial charge in [0.2, 0.25) is 0 Å². The molecule has 0 spiro atoms. The zero-order chi connectivity index (χ0) is 20.5. The third-order valence-corrected chi connectivity index (χ3v) is 3.69. The number of carbonyl (C=O) groups is 2. The molecule has 8 heteroatoms. The van der Waals surface area contributed by atoms with Gasteiger partial charge in [-0.2, -0.15) is 0 Å². The lowest BCUT2D eigenvalue weighted by Crippen LogP contribution is -2.28. The van der Waals surface area contributed by atoms with Crippen LogP contribution in [0, 0.1) is 10.1 Å². The first kappa shape index (κ1) is 20.6. The van der Waals surface area contributed by atoms with Gasteiger partial charge in [0.25, 0.3) is 11.6 Å². The van der Waals surface area contributed by atoms with E-state index in [1.54, 1.807) is 24.3 Å². The minimum absolute atomic E-state index is 0.134. The van der Waals surface area contributed by atoms with Gasteiger partial charge in [-0.1, -0.05) is 24.3 Å². The zero-order valence-electron chi connectivity index (χ0n) is 15.5. The van der Waals surface area contributed by atoms with Crippen molar-refractivity contribution < 1.29 is 24.0 Å². The van der Waals surface area contributed by atoms with Crippen LogP contribution in [-0.4, -0.2) is 36.9 Å². The number of benzene rings is 2. The zero-order valence-corrected chi connectivity index (χ0v) is 15.5. The van der Waals surface area contributed by atoms with Crippen LogP contribution in [0.25, 0.3) is 6.08 Å². The molecule has 0 saturated heterocycles. The molecule has 1 amide bonds. The van der Waals surface area contributed by atoms with Crippen molar-refractivity contribution in [2.45, 2.75) is 6.92 Å². The lowest BCUT2D eigenvalue weighted by Gasteiger charge is -2.11. The highest BCUT2D eigenvalue weighted by Crippen LogP contribution is 2.28. The number of nitro groups is 1. The maximum Gasteiger partial charge on any atom is 0.270 e. The van der Waals surface area contributed by atoms with Gasteiger partial charge in [-0.15, -0.1) is 0 Å². The molecule has 8 nitrogen and oxygen atoms in total. The Kier molecular flexibility index (Phi) is 7.27. The van der Waals surface area contributed by atoms with Gasteiger partial charge in [0.1, 0.15) is 0 Å². The number of ketones is 1. The number of methoxy groups -OCH3 is 1. The Morgan fingerprint density at radius 1 is 1.18 bits per heavy atom. The number of allylic oxidation sites excluding steroid dienone is 1. The summed E-state index contributed by atoms with van der Waals surface area (Å²) >= 11 is 0. The molecule has 1 N–H and O–H groups in total. The summed E-state index contributed by atoms with van der Waals surface area (Å²) in [4.78, 5) is 34.0. The van der Waals surface area contributed by atoms with Gasteiger partial charge in [0, 0.05) is 24.2 Å². The van der Waals surface area contributed by atoms with Crippen molar-refractivity contribution in [2.75, 3.05) is 20.3 Å². The number of rotatable bonds is 9. The molecule has 0 aliphatic carbocycles. The van der Waals surface area contributed by atoms with Crippen LogP contribution in [0.2, 0.25) is 0 Å². The van der Waals surface area contributed by atoms with Gasteiger partial charge in [-0.3, -0.25) is 19.7 Å². The Morgan fingerprint density at radius 2 is 1.96 bits per heavy atom. The quantitative estimate of drug-likeness (QED) is 0.308. The fourth-order valence-corrected chi connectivity index (χ4v) is 2.34. The summed E-state index contributed by atoms with van der Waals surface area (Å²) in [6, 6.07) is 10.5. The third kappa shape index (κ3) is 5.66. The van der Waals surface area contributed by atoms with E-state index in [-0.39, 0.29) is 29.5 Å². The molecule has 0 aromatic heterocycles. The smallest absolute Gasteiger partial charge is 0.270 e. The van der Waals surface area contributed by atoms with Crippen molar-refractivity contribution >= 4 is 23.5 Å². The van der Waals surface area contributed by atoms with E-state index < -0.39 is 4.92 Å². The summed E-state index contributed by atoms with van der Waals surface area (Å²) in [5, 5.41) is 13.4. The topological polar surface area (TPSA) is 108 Å². The average Bonchev–Trinajstić information content (AvgIpc) is 2.70. The van der Waals surface area contributed by atoms with Crippen molar-refractivity contribution in [1.82, 2.24) is 5.32 Å². The van der Waals surface area contributed by atoms with E-state index in [1.807, 2.05) is 6.92 Å². The molecule has 2 rings (SSSR count). The predicted molar refractivity (Wildman–Crippen MR) is 104 cm³/mol. The van der Waals surface area contributed by atoms with Crippen LogP contribution in [0.4, 0.5) is 5.69 Å². The molecule has 0 aliphatic heterocycles. The maximum absolute atomic E-state index is 12.2. The van der Waals surface area contributed by atoms with E-state index in [0.717, 1.165) is 0 Å². The van der Waals surface area contributed by atoms with Crippen LogP contribution in [0.15, 0.2) is 48.5 Å². The molecule has 0 atom stereocenters. The Balaban J connectivity index is 2.11. The SMILES string of the molecule is CCNC(=O)COc1ccc(/C=C/C(=O)c2cccc([N+](=O)[O-])c2)cc1OC. The summed E-state index contributed by atoms with van der Waals surface area (Å²) in [6.45, 7) is 2.20. The molecule has 0 bridgehead atoms. The number of likely N-dealkylation sites (N-methyl/N-ethyl adjacent to an activating group) is 1. The lowest BCUT2D eigenvalue weighted by molar-refractivity contribution is -0.384. The largest absolute Gasteiger partial charge is 0.493 e. The summed E-state index contributed by atoms with van der Waals surface area (Å²) in [5.74, 6) is 0.209. The highest BCUT2D eigenvalue weighted by Gasteiger charge is 2.10. The fraction of sp³-hybridized carbons (Fsp3) is 0.200. The second-order valence-corrected chi connectivity index (χ2v) is 5.66. The molecule has 0 radical (unpaired) electrons. The van der Waals surface area contributed by atoms with Crippen molar-refractivity contribution in [3.63, 3.8) is 0 Å². The third-order valence-electron chi connectivity index (χ3n) is 3.69. The van der Waals surface area contributed by atoms with Gasteiger partial charge in [0.15, 0.2) is 23.9 Å². The molecule has 2 aromatic carbocycles. The minimum atomic E-state index is -0.551. The molecular weight excluding hydrogens is 364 g/mol. The van der Waals surface area contributed by atoms with Gasteiger partial charge in [-0.25, -0.2) is 0 Å². The van der Waals surface area contributed by atoms with Crippen LogP contribution in [0.3, 0.4) is 0 Å². The van der Waals surface area contributed by atoms with Crippen LogP contribution < -0.4 is 14.8 Å². The van der Waals surface area contributed by atoms with E-state index in [1.165, 1.54) is 37.5 Å². The number of ether oxygens (including phenoxy) is 2. The summed E-state index contributed by atoms with van der Waals surface area (Å²) in [5.41, 5.74) is 0.745. The van der Waals surface area contributed by atoms with Gasteiger partial charge in [-0.05, 0) is 30.7 Å². The van der Waals surface area contributed by atoms with Crippen LogP contribution >= 0.6 is 0 Å². The van der Waals surface area contributed by atoms with E-state index in [9.17, 15) is 19.7 Å². The highest BCUT2D eigenvalue weighted by atomic mass is 16.6. The molecule has 146 valence electrons. The molecular formula is C20H20N2O6. The number of amides is 1. The second-order valence-electron chi connectivity index (χ2n) is 5.66. The number of nitrogens with one attached hydrogen (secondary N) is 1. The Hall–Kier alpha value is -3.68. The lowest BCUT2D eigenvalue weighted by atomic mass is 10.1. The van der Waals surface area contributed by atoms with Crippen LogP contribution in [0.5, 0.6) is 11.5 Å². The maximum atomic E-state index is 12.2. The number of carbonyl (C=O) groups excluding carboxylic acids is 2. The number of hydrogen-bond donors (Lipinski definition) is 1. The monoisotopic (exact) mass is 384 g/mol. The van der Waals surface area contributed by atoms with E-state index in [4.69, 9.17) is 9.47 Å². The van der Waals surface area contributed by atoms with Crippen molar-refractivity contribution in [1.29, 1.82) is 0 Å². The number of non-ortho nitro benzene ring substituents is 1. The molecule has 0 heterocycles.